The van der Waals surface area contributed by atoms with Gasteiger partial charge in [0.1, 0.15) is 11.4 Å². The summed E-state index contributed by atoms with van der Waals surface area (Å²) in [4.78, 5) is 30.6. The van der Waals surface area contributed by atoms with E-state index in [2.05, 4.69) is 20.5 Å². The van der Waals surface area contributed by atoms with Crippen molar-refractivity contribution in [3.8, 4) is 0 Å². The molecule has 0 aliphatic carbocycles. The lowest BCUT2D eigenvalue weighted by Crippen LogP contribution is -2.35. The Morgan fingerprint density at radius 3 is 2.81 bits per heavy atom. The number of nitrogens with zero attached hydrogens (tertiary/aromatic N) is 3. The Balaban J connectivity index is 1.62. The molecule has 0 bridgehead atoms. The summed E-state index contributed by atoms with van der Waals surface area (Å²) in [7, 11) is 0. The van der Waals surface area contributed by atoms with Crippen LogP contribution in [0.15, 0.2) is 27.4 Å². The van der Waals surface area contributed by atoms with Gasteiger partial charge in [-0.1, -0.05) is 0 Å². The van der Waals surface area contributed by atoms with Gasteiger partial charge in [-0.2, -0.15) is 5.10 Å². The molecule has 2 amide bonds. The molecule has 0 radical (unpaired) electrons. The maximum Gasteiger partial charge on any atom is 0.336 e. The van der Waals surface area contributed by atoms with Gasteiger partial charge in [-0.3, -0.25) is 5.10 Å². The number of fused-ring (bicyclic) bond motifs is 1. The van der Waals surface area contributed by atoms with E-state index < -0.39 is 0 Å². The number of aromatic nitrogens is 3. The highest BCUT2D eigenvalue weighted by molar-refractivity contribution is 5.94. The second kappa shape index (κ2) is 6.53. The van der Waals surface area contributed by atoms with Crippen LogP contribution in [0.2, 0.25) is 0 Å². The molecule has 1 aromatic carbocycles. The smallest absolute Gasteiger partial charge is 0.336 e. The fourth-order valence-electron chi connectivity index (χ4n) is 3.58. The first-order valence-electron chi connectivity index (χ1n) is 8.94. The molecule has 4 rings (SSSR count). The molecular weight excluding hydrogens is 346 g/mol. The van der Waals surface area contributed by atoms with Crippen molar-refractivity contribution in [2.75, 3.05) is 11.9 Å². The number of hydrogen-bond acceptors (Lipinski definition) is 5. The van der Waals surface area contributed by atoms with E-state index in [1.54, 1.807) is 11.0 Å². The topological polar surface area (TPSA) is 104 Å². The van der Waals surface area contributed by atoms with Crippen molar-refractivity contribution in [3.05, 3.63) is 51.4 Å². The van der Waals surface area contributed by atoms with Crippen molar-refractivity contribution in [1.29, 1.82) is 0 Å². The molecule has 2 aromatic heterocycles. The fourth-order valence-corrected chi connectivity index (χ4v) is 3.58. The number of H-pyrrole nitrogens is 1. The molecule has 0 spiro atoms. The van der Waals surface area contributed by atoms with Gasteiger partial charge in [0.15, 0.2) is 5.82 Å². The van der Waals surface area contributed by atoms with Crippen LogP contribution < -0.4 is 10.9 Å². The quantitative estimate of drug-likeness (QED) is 0.677. The first-order chi connectivity index (χ1) is 12.9. The lowest BCUT2D eigenvalue weighted by molar-refractivity contribution is 0.205. The Bertz CT molecular complexity index is 1080. The van der Waals surface area contributed by atoms with E-state index in [0.29, 0.717) is 23.6 Å². The first-order valence-corrected chi connectivity index (χ1v) is 8.94. The summed E-state index contributed by atoms with van der Waals surface area (Å²) in [5.41, 5.74) is 2.48. The number of nitrogens with one attached hydrogen (secondary N) is 2. The van der Waals surface area contributed by atoms with Crippen LogP contribution in [-0.2, 0) is 0 Å². The highest BCUT2D eigenvalue weighted by Gasteiger charge is 2.32. The standard InChI is InChI=1S/C19H21N5O3/c1-10-8-17(25)27-16-7-11(2)14(9-13(10)16)21-19(26)24-6-4-5-15(24)18-20-12(3)22-23-18/h7-9,15H,4-6H2,1-3H3,(H,21,26)(H,20,22,23). The number of aryl methyl sites for hydroxylation is 3. The van der Waals surface area contributed by atoms with Crippen molar-refractivity contribution >= 4 is 22.7 Å². The molecule has 1 unspecified atom stereocenters. The summed E-state index contributed by atoms with van der Waals surface area (Å²) >= 11 is 0. The second-order valence-corrected chi connectivity index (χ2v) is 6.97. The highest BCUT2D eigenvalue weighted by Crippen LogP contribution is 2.31. The number of benzene rings is 1. The molecular formula is C19H21N5O3. The molecule has 8 nitrogen and oxygen atoms in total. The third kappa shape index (κ3) is 3.18. The van der Waals surface area contributed by atoms with E-state index in [0.717, 1.165) is 35.2 Å². The minimum Gasteiger partial charge on any atom is -0.423 e. The van der Waals surface area contributed by atoms with Gasteiger partial charge < -0.3 is 14.6 Å². The van der Waals surface area contributed by atoms with Gasteiger partial charge in [-0.15, -0.1) is 0 Å². The van der Waals surface area contributed by atoms with Crippen molar-refractivity contribution in [1.82, 2.24) is 20.1 Å². The third-order valence-electron chi connectivity index (χ3n) is 4.96. The number of hydrogen-bond donors (Lipinski definition) is 2. The van der Waals surface area contributed by atoms with Crippen LogP contribution in [0.3, 0.4) is 0 Å². The van der Waals surface area contributed by atoms with Gasteiger partial charge in [-0.05, 0) is 56.9 Å². The number of amides is 2. The number of aromatic amines is 1. The predicted octanol–water partition coefficient (Wildman–Crippen LogP) is 3.21. The van der Waals surface area contributed by atoms with Crippen molar-refractivity contribution in [3.63, 3.8) is 0 Å². The van der Waals surface area contributed by atoms with Crippen LogP contribution in [0.25, 0.3) is 11.0 Å². The summed E-state index contributed by atoms with van der Waals surface area (Å²) in [6, 6.07) is 4.76. The average Bonchev–Trinajstić information content (AvgIpc) is 3.24. The molecule has 1 fully saturated rings. The van der Waals surface area contributed by atoms with Gasteiger partial charge in [0.25, 0.3) is 0 Å². The zero-order chi connectivity index (χ0) is 19.1. The first kappa shape index (κ1) is 17.3. The summed E-state index contributed by atoms with van der Waals surface area (Å²) < 4.78 is 5.26. The molecule has 3 heterocycles. The number of likely N-dealkylation sites (tertiary alicyclic amines) is 1. The molecule has 8 heteroatoms. The molecule has 1 aliphatic heterocycles. The number of carbonyl (C=O) groups is 1. The molecule has 3 aromatic rings. The fraction of sp³-hybridized carbons (Fsp3) is 0.368. The van der Waals surface area contributed by atoms with E-state index in [4.69, 9.17) is 4.42 Å². The van der Waals surface area contributed by atoms with E-state index in [1.807, 2.05) is 26.8 Å². The lowest BCUT2D eigenvalue weighted by atomic mass is 10.1. The van der Waals surface area contributed by atoms with Crippen LogP contribution >= 0.6 is 0 Å². The normalized spacial score (nSPS) is 16.9. The van der Waals surface area contributed by atoms with E-state index >= 15 is 0 Å². The van der Waals surface area contributed by atoms with E-state index in [9.17, 15) is 9.59 Å². The number of urea groups is 1. The number of rotatable bonds is 2. The minimum absolute atomic E-state index is 0.129. The summed E-state index contributed by atoms with van der Waals surface area (Å²) in [5.74, 6) is 1.38. The summed E-state index contributed by atoms with van der Waals surface area (Å²) in [6.07, 6.45) is 1.75. The van der Waals surface area contributed by atoms with Crippen molar-refractivity contribution in [2.24, 2.45) is 0 Å². The number of carbonyl (C=O) groups excluding carboxylic acids is 1. The molecule has 1 aliphatic rings. The Morgan fingerprint density at radius 1 is 1.26 bits per heavy atom. The maximum absolute atomic E-state index is 12.9. The third-order valence-corrected chi connectivity index (χ3v) is 4.96. The molecule has 140 valence electrons. The van der Waals surface area contributed by atoms with Crippen LogP contribution in [-0.4, -0.2) is 32.7 Å². The van der Waals surface area contributed by atoms with Gasteiger partial charge in [0.05, 0.1) is 6.04 Å². The zero-order valence-electron chi connectivity index (χ0n) is 15.5. The molecule has 1 saturated heterocycles. The molecule has 1 atom stereocenters. The molecule has 27 heavy (non-hydrogen) atoms. The van der Waals surface area contributed by atoms with Gasteiger partial charge in [0.2, 0.25) is 0 Å². The Morgan fingerprint density at radius 2 is 2.07 bits per heavy atom. The lowest BCUT2D eigenvalue weighted by Gasteiger charge is -2.23. The summed E-state index contributed by atoms with van der Waals surface area (Å²) in [5, 5.41) is 10.9. The van der Waals surface area contributed by atoms with Crippen LogP contribution in [0.5, 0.6) is 0 Å². The molecule has 0 saturated carbocycles. The van der Waals surface area contributed by atoms with Crippen molar-refractivity contribution < 1.29 is 9.21 Å². The van der Waals surface area contributed by atoms with Crippen molar-refractivity contribution in [2.45, 2.75) is 39.7 Å². The van der Waals surface area contributed by atoms with E-state index in [-0.39, 0.29) is 17.7 Å². The Kier molecular flexibility index (Phi) is 4.18. The van der Waals surface area contributed by atoms with Gasteiger partial charge in [-0.25, -0.2) is 14.6 Å². The largest absolute Gasteiger partial charge is 0.423 e. The monoisotopic (exact) mass is 367 g/mol. The Labute approximate surface area is 155 Å². The van der Waals surface area contributed by atoms with Crippen LogP contribution in [0.1, 0.15) is 41.7 Å². The number of anilines is 1. The van der Waals surface area contributed by atoms with Crippen LogP contribution in [0, 0.1) is 20.8 Å². The van der Waals surface area contributed by atoms with Crippen LogP contribution in [0.4, 0.5) is 10.5 Å². The molecule has 2 N–H and O–H groups in total. The minimum atomic E-state index is -0.377. The predicted molar refractivity (Wildman–Crippen MR) is 101 cm³/mol. The maximum atomic E-state index is 12.9. The van der Waals surface area contributed by atoms with E-state index in [1.165, 1.54) is 6.07 Å². The Hall–Kier alpha value is -3.16. The zero-order valence-corrected chi connectivity index (χ0v) is 15.5. The second-order valence-electron chi connectivity index (χ2n) is 6.97. The average molecular weight is 367 g/mol. The van der Waals surface area contributed by atoms with Gasteiger partial charge in [0, 0.05) is 23.7 Å². The summed E-state index contributed by atoms with van der Waals surface area (Å²) in [6.45, 7) is 6.22. The highest BCUT2D eigenvalue weighted by atomic mass is 16.4. The van der Waals surface area contributed by atoms with Gasteiger partial charge >= 0.3 is 11.7 Å². The SMILES string of the molecule is Cc1nc(C2CCCN2C(=O)Nc2cc3c(C)cc(=O)oc3cc2C)n[nH]1.